The molecule has 2 heteroatoms. The fourth-order valence-electron chi connectivity index (χ4n) is 2.38. The second-order valence-corrected chi connectivity index (χ2v) is 5.09. The van der Waals surface area contributed by atoms with E-state index in [1.54, 1.807) is 0 Å². The fourth-order valence-corrected chi connectivity index (χ4v) is 2.57. The first-order chi connectivity index (χ1) is 9.24. The van der Waals surface area contributed by atoms with E-state index in [-0.39, 0.29) is 0 Å². The molecule has 1 nitrogen and oxygen atoms in total. The Morgan fingerprint density at radius 1 is 0.842 bits per heavy atom. The Kier molecular flexibility index (Phi) is 3.14. The van der Waals surface area contributed by atoms with Crippen LogP contribution in [0.2, 0.25) is 5.02 Å². The predicted molar refractivity (Wildman–Crippen MR) is 82.6 cm³/mol. The normalized spacial score (nSPS) is 10.8. The average molecular weight is 268 g/mol. The first-order valence-electron chi connectivity index (χ1n) is 6.24. The number of hydrogen-bond donors (Lipinski definition) is 1. The third-order valence-electron chi connectivity index (χ3n) is 3.37. The number of nitrogens with two attached hydrogens (primary N) is 1. The molecule has 0 aromatic heterocycles. The van der Waals surface area contributed by atoms with Crippen molar-refractivity contribution in [1.82, 2.24) is 0 Å². The molecule has 0 bridgehead atoms. The van der Waals surface area contributed by atoms with Gasteiger partial charge in [-0.3, -0.25) is 0 Å². The third kappa shape index (κ3) is 2.42. The molecular weight excluding hydrogens is 254 g/mol. The van der Waals surface area contributed by atoms with Crippen LogP contribution in [-0.2, 0) is 6.42 Å². The molecule has 0 radical (unpaired) electrons. The zero-order valence-electron chi connectivity index (χ0n) is 10.4. The van der Waals surface area contributed by atoms with Crippen molar-refractivity contribution in [3.63, 3.8) is 0 Å². The highest BCUT2D eigenvalue weighted by atomic mass is 35.5. The van der Waals surface area contributed by atoms with Crippen molar-refractivity contribution in [1.29, 1.82) is 0 Å². The van der Waals surface area contributed by atoms with E-state index in [0.29, 0.717) is 0 Å². The van der Waals surface area contributed by atoms with Crippen LogP contribution in [-0.4, -0.2) is 0 Å². The predicted octanol–water partition coefficient (Wildman–Crippen LogP) is 4.67. The van der Waals surface area contributed by atoms with E-state index in [2.05, 4.69) is 42.5 Å². The van der Waals surface area contributed by atoms with Gasteiger partial charge in [0.15, 0.2) is 0 Å². The van der Waals surface area contributed by atoms with Crippen LogP contribution in [0.15, 0.2) is 60.7 Å². The first kappa shape index (κ1) is 12.1. The van der Waals surface area contributed by atoms with Gasteiger partial charge in [-0.25, -0.2) is 0 Å². The Morgan fingerprint density at radius 2 is 1.63 bits per heavy atom. The molecule has 0 unspecified atom stereocenters. The van der Waals surface area contributed by atoms with E-state index >= 15 is 0 Å². The van der Waals surface area contributed by atoms with Crippen LogP contribution in [0, 0.1) is 0 Å². The summed E-state index contributed by atoms with van der Waals surface area (Å²) in [4.78, 5) is 0. The van der Waals surface area contributed by atoms with Gasteiger partial charge >= 0.3 is 0 Å². The summed E-state index contributed by atoms with van der Waals surface area (Å²) in [6, 6.07) is 20.4. The Balaban J connectivity index is 2.08. The van der Waals surface area contributed by atoms with Crippen molar-refractivity contribution in [2.24, 2.45) is 0 Å². The quantitative estimate of drug-likeness (QED) is 0.671. The van der Waals surface area contributed by atoms with Gasteiger partial charge < -0.3 is 5.73 Å². The van der Waals surface area contributed by atoms with Gasteiger partial charge in [0.1, 0.15) is 0 Å². The SMILES string of the molecule is Nc1ccc(Cl)cc1Cc1cccc2ccccc12. The standard InChI is InChI=1S/C17H14ClN/c18-15-8-9-17(19)14(11-15)10-13-6-3-5-12-4-1-2-7-16(12)13/h1-9,11H,10,19H2. The number of hydrogen-bond acceptors (Lipinski definition) is 1. The maximum atomic E-state index is 6.05. The number of halogens is 1. The molecule has 0 spiro atoms. The Bertz CT molecular complexity index is 729. The summed E-state index contributed by atoms with van der Waals surface area (Å²) in [5, 5.41) is 3.24. The second-order valence-electron chi connectivity index (χ2n) is 4.66. The molecule has 0 aliphatic carbocycles. The summed E-state index contributed by atoms with van der Waals surface area (Å²) in [5.41, 5.74) is 9.16. The van der Waals surface area contributed by atoms with Gasteiger partial charge in [-0.05, 0) is 40.1 Å². The Hall–Kier alpha value is -1.99. The number of anilines is 1. The molecule has 0 amide bonds. The molecule has 3 aromatic carbocycles. The summed E-state index contributed by atoms with van der Waals surface area (Å²) in [6.07, 6.45) is 0.799. The van der Waals surface area contributed by atoms with Crippen molar-refractivity contribution in [2.75, 3.05) is 5.73 Å². The monoisotopic (exact) mass is 267 g/mol. The smallest absolute Gasteiger partial charge is 0.0410 e. The molecule has 19 heavy (non-hydrogen) atoms. The maximum absolute atomic E-state index is 6.05. The summed E-state index contributed by atoms with van der Waals surface area (Å²) < 4.78 is 0. The number of nitrogen functional groups attached to an aromatic ring is 1. The molecule has 0 aliphatic rings. The molecular formula is C17H14ClN. The van der Waals surface area contributed by atoms with E-state index in [9.17, 15) is 0 Å². The molecule has 0 saturated carbocycles. The number of benzene rings is 3. The molecule has 94 valence electrons. The van der Waals surface area contributed by atoms with E-state index in [1.807, 2.05) is 18.2 Å². The topological polar surface area (TPSA) is 26.0 Å². The van der Waals surface area contributed by atoms with Crippen molar-refractivity contribution >= 4 is 28.1 Å². The van der Waals surface area contributed by atoms with Gasteiger partial charge in [0, 0.05) is 17.1 Å². The van der Waals surface area contributed by atoms with Crippen LogP contribution in [0.25, 0.3) is 10.8 Å². The largest absolute Gasteiger partial charge is 0.398 e. The highest BCUT2D eigenvalue weighted by molar-refractivity contribution is 6.30. The number of rotatable bonds is 2. The van der Waals surface area contributed by atoms with Crippen molar-refractivity contribution in [2.45, 2.75) is 6.42 Å². The van der Waals surface area contributed by atoms with Crippen LogP contribution in [0.3, 0.4) is 0 Å². The lowest BCUT2D eigenvalue weighted by Gasteiger charge is -2.09. The van der Waals surface area contributed by atoms with Gasteiger partial charge in [0.05, 0.1) is 0 Å². The van der Waals surface area contributed by atoms with Gasteiger partial charge in [-0.1, -0.05) is 54.1 Å². The Morgan fingerprint density at radius 3 is 2.53 bits per heavy atom. The minimum absolute atomic E-state index is 0.726. The lowest BCUT2D eigenvalue weighted by molar-refractivity contribution is 1.22. The van der Waals surface area contributed by atoms with Crippen molar-refractivity contribution in [3.05, 3.63) is 76.8 Å². The van der Waals surface area contributed by atoms with Crippen LogP contribution >= 0.6 is 11.6 Å². The summed E-state index contributed by atoms with van der Waals surface area (Å²) in [5.74, 6) is 0. The van der Waals surface area contributed by atoms with Crippen molar-refractivity contribution < 1.29 is 0 Å². The average Bonchev–Trinajstić information content (AvgIpc) is 2.43. The van der Waals surface area contributed by atoms with Gasteiger partial charge in [0.2, 0.25) is 0 Å². The third-order valence-corrected chi connectivity index (χ3v) is 3.60. The minimum Gasteiger partial charge on any atom is -0.398 e. The fraction of sp³-hybridized carbons (Fsp3) is 0.0588. The molecule has 0 fully saturated rings. The summed E-state index contributed by atoms with van der Waals surface area (Å²) in [6.45, 7) is 0. The molecule has 3 rings (SSSR count). The summed E-state index contributed by atoms with van der Waals surface area (Å²) >= 11 is 6.05. The molecule has 0 aliphatic heterocycles. The molecule has 3 aromatic rings. The van der Waals surface area contributed by atoms with Gasteiger partial charge in [-0.15, -0.1) is 0 Å². The first-order valence-corrected chi connectivity index (χ1v) is 6.62. The van der Waals surface area contributed by atoms with E-state index in [4.69, 9.17) is 17.3 Å². The van der Waals surface area contributed by atoms with Gasteiger partial charge in [0.25, 0.3) is 0 Å². The Labute approximate surface area is 117 Å². The van der Waals surface area contributed by atoms with E-state index in [0.717, 1.165) is 22.7 Å². The number of fused-ring (bicyclic) bond motifs is 1. The zero-order chi connectivity index (χ0) is 13.2. The van der Waals surface area contributed by atoms with Gasteiger partial charge in [-0.2, -0.15) is 0 Å². The van der Waals surface area contributed by atoms with Crippen LogP contribution in [0.5, 0.6) is 0 Å². The highest BCUT2D eigenvalue weighted by Gasteiger charge is 2.05. The second kappa shape index (κ2) is 4.94. The molecule has 0 heterocycles. The highest BCUT2D eigenvalue weighted by Crippen LogP contribution is 2.25. The van der Waals surface area contributed by atoms with E-state index < -0.39 is 0 Å². The van der Waals surface area contributed by atoms with Crippen LogP contribution < -0.4 is 5.73 Å². The zero-order valence-corrected chi connectivity index (χ0v) is 11.2. The lowest BCUT2D eigenvalue weighted by Crippen LogP contribution is -1.96. The maximum Gasteiger partial charge on any atom is 0.0410 e. The minimum atomic E-state index is 0.726. The summed E-state index contributed by atoms with van der Waals surface area (Å²) in [7, 11) is 0. The van der Waals surface area contributed by atoms with E-state index in [1.165, 1.54) is 16.3 Å². The molecule has 0 atom stereocenters. The van der Waals surface area contributed by atoms with Crippen LogP contribution in [0.4, 0.5) is 5.69 Å². The lowest BCUT2D eigenvalue weighted by atomic mass is 9.98. The van der Waals surface area contributed by atoms with Crippen LogP contribution in [0.1, 0.15) is 11.1 Å². The molecule has 0 saturated heterocycles. The van der Waals surface area contributed by atoms with Crippen molar-refractivity contribution in [3.8, 4) is 0 Å². The molecule has 2 N–H and O–H groups in total.